The summed E-state index contributed by atoms with van der Waals surface area (Å²) in [5, 5.41) is 2.25. The maximum absolute atomic E-state index is 2.37. The highest BCUT2D eigenvalue weighted by atomic mass is 32.2. The van der Waals surface area contributed by atoms with E-state index in [1.807, 2.05) is 11.8 Å². The van der Waals surface area contributed by atoms with Gasteiger partial charge in [0.25, 0.3) is 0 Å². The number of hydrogen-bond acceptors (Lipinski definition) is 1. The molecule has 0 aromatic heterocycles. The van der Waals surface area contributed by atoms with Gasteiger partial charge in [-0.05, 0) is 28.7 Å². The van der Waals surface area contributed by atoms with Crippen molar-refractivity contribution in [1.29, 1.82) is 0 Å². The molecule has 3 rings (SSSR count). The summed E-state index contributed by atoms with van der Waals surface area (Å²) >= 11 is 1.91. The Morgan fingerprint density at radius 2 is 1.33 bits per heavy atom. The Labute approximate surface area is 113 Å². The van der Waals surface area contributed by atoms with E-state index < -0.39 is 0 Å². The number of hydrogen-bond donors (Lipinski definition) is 0. The molecule has 0 fully saturated rings. The highest BCUT2D eigenvalue weighted by molar-refractivity contribution is 8.02. The summed E-state index contributed by atoms with van der Waals surface area (Å²) in [5.41, 5.74) is 2.86. The molecular formula is C17H16S. The van der Waals surface area contributed by atoms with Gasteiger partial charge in [-0.15, -0.1) is 11.8 Å². The summed E-state index contributed by atoms with van der Waals surface area (Å²) in [5.74, 6) is 1.18. The average molecular weight is 252 g/mol. The van der Waals surface area contributed by atoms with E-state index in [2.05, 4.69) is 72.1 Å². The quantitative estimate of drug-likeness (QED) is 0.751. The minimum absolute atomic E-state index is 0.0633. The summed E-state index contributed by atoms with van der Waals surface area (Å²) in [7, 11) is 0. The lowest BCUT2D eigenvalue weighted by Gasteiger charge is -2.34. The van der Waals surface area contributed by atoms with Crippen LogP contribution in [0.1, 0.15) is 17.5 Å². The van der Waals surface area contributed by atoms with Crippen LogP contribution in [0.25, 0.3) is 0 Å². The Morgan fingerprint density at radius 3 is 1.78 bits per heavy atom. The smallest absolute Gasteiger partial charge is 0.0397 e. The van der Waals surface area contributed by atoms with E-state index in [1.165, 1.54) is 23.3 Å². The third kappa shape index (κ3) is 1.99. The van der Waals surface area contributed by atoms with E-state index in [0.29, 0.717) is 0 Å². The number of rotatable bonds is 2. The van der Waals surface area contributed by atoms with Crippen molar-refractivity contribution in [3.8, 4) is 0 Å². The predicted molar refractivity (Wildman–Crippen MR) is 79.9 cm³/mol. The molecule has 1 aliphatic heterocycles. The molecule has 1 heterocycles. The first-order valence-corrected chi connectivity index (χ1v) is 7.37. The lowest BCUT2D eigenvalue weighted by atomic mass is 9.72. The summed E-state index contributed by atoms with van der Waals surface area (Å²) in [6, 6.07) is 21.7. The first-order valence-electron chi connectivity index (χ1n) is 6.32. The molecule has 0 N–H and O–H groups in total. The van der Waals surface area contributed by atoms with Gasteiger partial charge in [-0.1, -0.05) is 66.7 Å². The van der Waals surface area contributed by atoms with Gasteiger partial charge in [-0.3, -0.25) is 0 Å². The monoisotopic (exact) mass is 252 g/mol. The van der Waals surface area contributed by atoms with Gasteiger partial charge in [0.1, 0.15) is 0 Å². The zero-order chi connectivity index (χ0) is 12.3. The Bertz CT molecular complexity index is 489. The zero-order valence-electron chi connectivity index (χ0n) is 10.3. The van der Waals surface area contributed by atoms with Crippen molar-refractivity contribution < 1.29 is 0 Å². The Morgan fingerprint density at radius 1 is 0.778 bits per heavy atom. The normalized spacial score (nSPS) is 17.6. The molecule has 2 aromatic rings. The highest BCUT2D eigenvalue weighted by Crippen LogP contribution is 2.41. The fraction of sp³-hybridized carbons (Fsp3) is 0.176. The minimum Gasteiger partial charge on any atom is -0.134 e. The fourth-order valence-corrected chi connectivity index (χ4v) is 3.56. The van der Waals surface area contributed by atoms with E-state index in [9.17, 15) is 0 Å². The van der Waals surface area contributed by atoms with Gasteiger partial charge in [0.05, 0.1) is 0 Å². The molecule has 0 amide bonds. The summed E-state index contributed by atoms with van der Waals surface area (Å²) in [6.45, 7) is 0. The van der Waals surface area contributed by atoms with Crippen LogP contribution in [0.15, 0.2) is 72.1 Å². The van der Waals surface area contributed by atoms with E-state index >= 15 is 0 Å². The van der Waals surface area contributed by atoms with E-state index in [4.69, 9.17) is 0 Å². The van der Waals surface area contributed by atoms with Crippen LogP contribution >= 0.6 is 11.8 Å². The van der Waals surface area contributed by atoms with Crippen LogP contribution in [0.5, 0.6) is 0 Å². The van der Waals surface area contributed by atoms with Crippen LogP contribution in [0, 0.1) is 0 Å². The summed E-state index contributed by atoms with van der Waals surface area (Å²) < 4.78 is 0. The minimum atomic E-state index is 0.0633. The standard InChI is InChI=1S/C17H16S/c1-3-7-15(8-4-1)17(11-13-18-14-12-17)16-9-5-2-6-10-16/h1-11,13H,12,14H2. The number of allylic oxidation sites excluding steroid dienone is 1. The van der Waals surface area contributed by atoms with Gasteiger partial charge in [0.15, 0.2) is 0 Å². The van der Waals surface area contributed by atoms with E-state index in [0.717, 1.165) is 0 Å². The second-order valence-corrected chi connectivity index (χ2v) is 5.64. The molecule has 90 valence electrons. The molecule has 0 spiro atoms. The van der Waals surface area contributed by atoms with E-state index in [-0.39, 0.29) is 5.41 Å². The first kappa shape index (κ1) is 11.6. The zero-order valence-corrected chi connectivity index (χ0v) is 11.1. The lowest BCUT2D eigenvalue weighted by molar-refractivity contribution is 0.620. The third-order valence-electron chi connectivity index (χ3n) is 3.64. The van der Waals surface area contributed by atoms with Crippen LogP contribution < -0.4 is 0 Å². The fourth-order valence-electron chi connectivity index (χ4n) is 2.65. The van der Waals surface area contributed by atoms with Gasteiger partial charge >= 0.3 is 0 Å². The maximum Gasteiger partial charge on any atom is 0.0397 e. The van der Waals surface area contributed by atoms with Gasteiger partial charge in [-0.25, -0.2) is 0 Å². The van der Waals surface area contributed by atoms with Crippen molar-refractivity contribution in [1.82, 2.24) is 0 Å². The molecule has 0 radical (unpaired) electrons. The summed E-state index contributed by atoms with van der Waals surface area (Å²) in [4.78, 5) is 0. The molecule has 0 atom stereocenters. The second kappa shape index (κ2) is 5.03. The van der Waals surface area contributed by atoms with E-state index in [1.54, 1.807) is 0 Å². The van der Waals surface area contributed by atoms with Crippen LogP contribution in [0.4, 0.5) is 0 Å². The largest absolute Gasteiger partial charge is 0.134 e. The third-order valence-corrected chi connectivity index (χ3v) is 4.41. The molecule has 1 aliphatic rings. The van der Waals surface area contributed by atoms with Crippen molar-refractivity contribution in [2.45, 2.75) is 11.8 Å². The van der Waals surface area contributed by atoms with Crippen molar-refractivity contribution in [2.24, 2.45) is 0 Å². The molecule has 0 saturated heterocycles. The van der Waals surface area contributed by atoms with Gasteiger partial charge in [-0.2, -0.15) is 0 Å². The molecule has 0 aliphatic carbocycles. The maximum atomic E-state index is 2.37. The van der Waals surface area contributed by atoms with Crippen LogP contribution in [-0.2, 0) is 5.41 Å². The SMILES string of the molecule is C1=CC(c2ccccc2)(c2ccccc2)CCS1. The molecule has 18 heavy (non-hydrogen) atoms. The van der Waals surface area contributed by atoms with Crippen molar-refractivity contribution >= 4 is 11.8 Å². The molecular weight excluding hydrogens is 236 g/mol. The van der Waals surface area contributed by atoms with Crippen LogP contribution in [-0.4, -0.2) is 5.75 Å². The second-order valence-electron chi connectivity index (χ2n) is 4.63. The molecule has 1 heteroatoms. The highest BCUT2D eigenvalue weighted by Gasteiger charge is 2.32. The Hall–Kier alpha value is -1.47. The molecule has 0 nitrogen and oxygen atoms in total. The van der Waals surface area contributed by atoms with Gasteiger partial charge in [0.2, 0.25) is 0 Å². The van der Waals surface area contributed by atoms with Crippen LogP contribution in [0.3, 0.4) is 0 Å². The molecule has 2 aromatic carbocycles. The summed E-state index contributed by atoms with van der Waals surface area (Å²) in [6.07, 6.45) is 3.54. The number of thioether (sulfide) groups is 1. The molecule has 0 unspecified atom stereocenters. The Kier molecular flexibility index (Phi) is 3.24. The predicted octanol–water partition coefficient (Wildman–Crippen LogP) is 4.62. The van der Waals surface area contributed by atoms with Crippen molar-refractivity contribution in [3.05, 3.63) is 83.3 Å². The average Bonchev–Trinajstić information content (AvgIpc) is 2.50. The number of benzene rings is 2. The topological polar surface area (TPSA) is 0 Å². The first-order chi connectivity index (χ1) is 8.92. The van der Waals surface area contributed by atoms with Crippen LogP contribution in [0.2, 0.25) is 0 Å². The molecule has 0 bridgehead atoms. The van der Waals surface area contributed by atoms with Crippen molar-refractivity contribution in [3.63, 3.8) is 0 Å². The van der Waals surface area contributed by atoms with Gasteiger partial charge in [0, 0.05) is 5.41 Å². The lowest BCUT2D eigenvalue weighted by Crippen LogP contribution is -2.27. The molecule has 0 saturated carbocycles. The van der Waals surface area contributed by atoms with Crippen molar-refractivity contribution in [2.75, 3.05) is 5.75 Å². The Balaban J connectivity index is 2.16. The van der Waals surface area contributed by atoms with Gasteiger partial charge < -0.3 is 0 Å².